The summed E-state index contributed by atoms with van der Waals surface area (Å²) >= 11 is 12.8. The second-order valence-corrected chi connectivity index (χ2v) is 14.5. The van der Waals surface area contributed by atoms with Crippen LogP contribution in [-0.2, 0) is 20.4 Å². The second kappa shape index (κ2) is 11.5. The molecular weight excluding hydrogens is 647 g/mol. The summed E-state index contributed by atoms with van der Waals surface area (Å²) in [6, 6.07) is 15.1. The first-order valence-electron chi connectivity index (χ1n) is 15.0. The van der Waals surface area contributed by atoms with Crippen molar-refractivity contribution in [3.8, 4) is 11.4 Å². The fourth-order valence-corrected chi connectivity index (χ4v) is 8.62. The molecule has 1 N–H and O–H groups in total. The summed E-state index contributed by atoms with van der Waals surface area (Å²) in [6.45, 7) is 9.99. The number of hydrogen-bond acceptors (Lipinski definition) is 5. The molecule has 240 valence electrons. The Hall–Kier alpha value is -3.83. The number of ether oxygens (including phenoxy) is 1. The average Bonchev–Trinajstić information content (AvgIpc) is 3.62. The van der Waals surface area contributed by atoms with Crippen LogP contribution in [0, 0.1) is 6.92 Å². The molecular formula is C34H34Cl2N4O5S. The quantitative estimate of drug-likeness (QED) is 0.214. The van der Waals surface area contributed by atoms with Crippen molar-refractivity contribution < 1.29 is 22.7 Å². The van der Waals surface area contributed by atoms with Crippen LogP contribution in [0.1, 0.15) is 66.4 Å². The number of rotatable bonds is 8. The number of amides is 2. The van der Waals surface area contributed by atoms with Crippen LogP contribution < -0.4 is 15.0 Å². The Morgan fingerprint density at radius 1 is 0.957 bits per heavy atom. The zero-order valence-corrected chi connectivity index (χ0v) is 28.6. The minimum Gasteiger partial charge on any atom is -0.495 e. The van der Waals surface area contributed by atoms with E-state index in [0.717, 1.165) is 5.56 Å². The lowest BCUT2D eigenvalue weighted by Crippen LogP contribution is -2.51. The van der Waals surface area contributed by atoms with E-state index in [0.29, 0.717) is 68.3 Å². The zero-order valence-electron chi connectivity index (χ0n) is 26.3. The molecule has 0 radical (unpaired) electrons. The number of sulfonamides is 1. The number of methoxy groups -OCH3 is 1. The lowest BCUT2D eigenvalue weighted by molar-refractivity contribution is -0.119. The standard InChI is InChI=1S/C34H34Cl2N4O5S/c1-7-38(8-2)46(43,44)23-12-14-29(45-6)28(17-23)39-18-24-30(31(39)19(3)4)34(25-13-11-21(35)15-26(25)37-33(34)42)40(32(24)41)27-16-22(36)10-9-20(27)5/h9-19H,7-8H2,1-6H3,(H,37,42). The lowest BCUT2D eigenvalue weighted by atomic mass is 9.81. The molecule has 0 bridgehead atoms. The predicted molar refractivity (Wildman–Crippen MR) is 180 cm³/mol. The molecule has 4 aromatic rings. The van der Waals surface area contributed by atoms with Crippen molar-refractivity contribution in [3.05, 3.63) is 98.8 Å². The minimum atomic E-state index is -3.82. The molecule has 2 aliphatic heterocycles. The summed E-state index contributed by atoms with van der Waals surface area (Å²) in [5, 5.41) is 3.84. The van der Waals surface area contributed by atoms with Gasteiger partial charge in [-0.3, -0.25) is 14.5 Å². The molecule has 1 aromatic heterocycles. The van der Waals surface area contributed by atoms with Gasteiger partial charge in [0.25, 0.3) is 11.8 Å². The Labute approximate surface area is 278 Å². The molecule has 6 rings (SSSR count). The molecule has 0 saturated carbocycles. The van der Waals surface area contributed by atoms with Gasteiger partial charge in [0.15, 0.2) is 5.54 Å². The number of fused-ring (bicyclic) bond motifs is 4. The number of carbonyl (C=O) groups excluding carboxylic acids is 2. The molecule has 9 nitrogen and oxygen atoms in total. The summed E-state index contributed by atoms with van der Waals surface area (Å²) < 4.78 is 36.1. The smallest absolute Gasteiger partial charge is 0.261 e. The number of hydrogen-bond donors (Lipinski definition) is 1. The highest BCUT2D eigenvalue weighted by atomic mass is 35.5. The van der Waals surface area contributed by atoms with Crippen molar-refractivity contribution in [1.82, 2.24) is 8.87 Å². The highest BCUT2D eigenvalue weighted by molar-refractivity contribution is 7.89. The lowest BCUT2D eigenvalue weighted by Gasteiger charge is -2.36. The Bertz CT molecular complexity index is 2040. The molecule has 2 amide bonds. The first-order chi connectivity index (χ1) is 21.8. The molecule has 1 unspecified atom stereocenters. The molecule has 46 heavy (non-hydrogen) atoms. The topological polar surface area (TPSA) is 101 Å². The highest BCUT2D eigenvalue weighted by Gasteiger charge is 2.63. The molecule has 3 heterocycles. The van der Waals surface area contributed by atoms with E-state index < -0.39 is 27.4 Å². The van der Waals surface area contributed by atoms with Gasteiger partial charge in [-0.05, 0) is 60.9 Å². The molecule has 12 heteroatoms. The van der Waals surface area contributed by atoms with Gasteiger partial charge in [0, 0.05) is 51.8 Å². The molecule has 2 aliphatic rings. The molecule has 3 aromatic carbocycles. The van der Waals surface area contributed by atoms with Crippen molar-refractivity contribution in [2.75, 3.05) is 30.4 Å². The van der Waals surface area contributed by atoms with Gasteiger partial charge < -0.3 is 14.6 Å². The molecule has 0 fully saturated rings. The predicted octanol–water partition coefficient (Wildman–Crippen LogP) is 7.11. The van der Waals surface area contributed by atoms with Gasteiger partial charge >= 0.3 is 0 Å². The Balaban J connectivity index is 1.70. The fraction of sp³-hybridized carbons (Fsp3) is 0.294. The van der Waals surface area contributed by atoms with Gasteiger partial charge in [-0.15, -0.1) is 0 Å². The summed E-state index contributed by atoms with van der Waals surface area (Å²) in [5.41, 5.74) is 2.60. The van der Waals surface area contributed by atoms with Crippen molar-refractivity contribution in [1.29, 1.82) is 0 Å². The van der Waals surface area contributed by atoms with Crippen LogP contribution in [0.5, 0.6) is 5.75 Å². The van der Waals surface area contributed by atoms with Crippen molar-refractivity contribution >= 4 is 56.4 Å². The van der Waals surface area contributed by atoms with Crippen LogP contribution in [0.25, 0.3) is 5.69 Å². The van der Waals surface area contributed by atoms with Gasteiger partial charge in [-0.1, -0.05) is 63.0 Å². The van der Waals surface area contributed by atoms with Gasteiger partial charge in [0.2, 0.25) is 10.0 Å². The van der Waals surface area contributed by atoms with Gasteiger partial charge in [-0.25, -0.2) is 8.42 Å². The maximum atomic E-state index is 14.7. The summed E-state index contributed by atoms with van der Waals surface area (Å²) in [4.78, 5) is 30.9. The molecule has 1 spiro atoms. The van der Waals surface area contributed by atoms with E-state index in [4.69, 9.17) is 27.9 Å². The maximum absolute atomic E-state index is 14.7. The Morgan fingerprint density at radius 2 is 1.63 bits per heavy atom. The summed E-state index contributed by atoms with van der Waals surface area (Å²) in [5.74, 6) is -0.641. The zero-order chi connectivity index (χ0) is 33.3. The van der Waals surface area contributed by atoms with E-state index in [9.17, 15) is 18.0 Å². The van der Waals surface area contributed by atoms with Crippen molar-refractivity contribution in [3.63, 3.8) is 0 Å². The van der Waals surface area contributed by atoms with E-state index in [1.54, 1.807) is 67.1 Å². The highest BCUT2D eigenvalue weighted by Crippen LogP contribution is 2.56. The number of carbonyl (C=O) groups is 2. The number of benzene rings is 3. The molecule has 0 aliphatic carbocycles. The van der Waals surface area contributed by atoms with E-state index in [1.165, 1.54) is 22.4 Å². The number of aromatic nitrogens is 1. The maximum Gasteiger partial charge on any atom is 0.261 e. The van der Waals surface area contributed by atoms with Crippen LogP contribution >= 0.6 is 23.2 Å². The first kappa shape index (κ1) is 32.1. The van der Waals surface area contributed by atoms with Gasteiger partial charge in [0.05, 0.1) is 28.9 Å². The minimum absolute atomic E-state index is 0.0892. The number of aryl methyl sites for hydroxylation is 1. The SMILES string of the molecule is CCN(CC)S(=O)(=O)c1ccc(OC)c(-n2cc3c(c2C(C)C)C2(C(=O)Nc4cc(Cl)ccc42)N(c2cc(Cl)ccc2C)C3=O)c1. The Kier molecular flexibility index (Phi) is 8.00. The number of nitrogens with one attached hydrogen (secondary N) is 1. The number of anilines is 2. The number of halogens is 2. The van der Waals surface area contributed by atoms with Crippen LogP contribution in [0.2, 0.25) is 10.0 Å². The van der Waals surface area contributed by atoms with Crippen LogP contribution in [0.3, 0.4) is 0 Å². The third-order valence-electron chi connectivity index (χ3n) is 8.83. The third kappa shape index (κ3) is 4.49. The largest absolute Gasteiger partial charge is 0.495 e. The second-order valence-electron chi connectivity index (χ2n) is 11.7. The fourth-order valence-electron chi connectivity index (χ4n) is 6.80. The van der Waals surface area contributed by atoms with Crippen LogP contribution in [0.15, 0.2) is 65.7 Å². The normalized spacial score (nSPS) is 17.3. The van der Waals surface area contributed by atoms with Gasteiger partial charge in [0.1, 0.15) is 5.75 Å². The van der Waals surface area contributed by atoms with E-state index >= 15 is 0 Å². The summed E-state index contributed by atoms with van der Waals surface area (Å²) in [7, 11) is -2.32. The number of nitrogens with zero attached hydrogens (tertiary/aromatic N) is 3. The van der Waals surface area contributed by atoms with E-state index in [2.05, 4.69) is 5.32 Å². The molecule has 0 saturated heterocycles. The van der Waals surface area contributed by atoms with E-state index in [1.807, 2.05) is 26.8 Å². The first-order valence-corrected chi connectivity index (χ1v) is 17.2. The van der Waals surface area contributed by atoms with Crippen molar-refractivity contribution in [2.45, 2.75) is 51.0 Å². The monoisotopic (exact) mass is 680 g/mol. The third-order valence-corrected chi connectivity index (χ3v) is 11.4. The Morgan fingerprint density at radius 3 is 2.28 bits per heavy atom. The van der Waals surface area contributed by atoms with E-state index in [-0.39, 0.29) is 10.8 Å². The summed E-state index contributed by atoms with van der Waals surface area (Å²) in [6.07, 6.45) is 1.68. The van der Waals surface area contributed by atoms with Crippen molar-refractivity contribution in [2.24, 2.45) is 0 Å². The van der Waals surface area contributed by atoms with Crippen LogP contribution in [-0.4, -0.2) is 49.3 Å². The average molecular weight is 682 g/mol. The molecule has 1 atom stereocenters. The van der Waals surface area contributed by atoms with Crippen LogP contribution in [0.4, 0.5) is 11.4 Å². The van der Waals surface area contributed by atoms with Gasteiger partial charge in [-0.2, -0.15) is 4.31 Å².